The van der Waals surface area contributed by atoms with Crippen LogP contribution in [-0.4, -0.2) is 39.7 Å². The number of amides is 3. The van der Waals surface area contributed by atoms with Gasteiger partial charge in [-0.05, 0) is 62.2 Å². The lowest BCUT2D eigenvalue weighted by molar-refractivity contribution is -0.116. The number of rotatable bonds is 7. The molecule has 0 saturated carbocycles. The number of likely N-dealkylation sites (N-methyl/N-ethyl adjacent to an activating group) is 1. The third-order valence-corrected chi connectivity index (χ3v) is 6.08. The molecule has 4 rings (SSSR count). The highest BCUT2D eigenvalue weighted by Crippen LogP contribution is 2.34. The molecule has 0 aliphatic heterocycles. The van der Waals surface area contributed by atoms with Gasteiger partial charge in [0.05, 0.1) is 11.4 Å². The van der Waals surface area contributed by atoms with E-state index in [1.165, 1.54) is 4.90 Å². The van der Waals surface area contributed by atoms with Crippen molar-refractivity contribution in [2.45, 2.75) is 20.8 Å². The number of aryl methyl sites for hydroxylation is 2. The lowest BCUT2D eigenvalue weighted by Gasteiger charge is -2.21. The van der Waals surface area contributed by atoms with Gasteiger partial charge in [-0.2, -0.15) is 5.10 Å². The Labute approximate surface area is 215 Å². The first-order chi connectivity index (χ1) is 17.4. The molecular formula is C28H28ClN5O2. The second-order valence-corrected chi connectivity index (χ2v) is 8.81. The second-order valence-electron chi connectivity index (χ2n) is 8.37. The minimum Gasteiger partial charge on any atom is -0.315 e. The van der Waals surface area contributed by atoms with E-state index in [1.807, 2.05) is 75.4 Å². The van der Waals surface area contributed by atoms with Crippen molar-refractivity contribution in [2.24, 2.45) is 0 Å². The molecule has 184 valence electrons. The molecule has 0 bridgehead atoms. The zero-order valence-corrected chi connectivity index (χ0v) is 21.2. The number of hydrogen-bond donors (Lipinski definition) is 2. The van der Waals surface area contributed by atoms with Crippen LogP contribution in [0.15, 0.2) is 78.9 Å². The van der Waals surface area contributed by atoms with Gasteiger partial charge in [0, 0.05) is 22.8 Å². The number of urea groups is 1. The average Bonchev–Trinajstić information content (AvgIpc) is 3.19. The number of anilines is 2. The van der Waals surface area contributed by atoms with Crippen LogP contribution in [0, 0.1) is 13.8 Å². The molecule has 2 N–H and O–H groups in total. The van der Waals surface area contributed by atoms with Gasteiger partial charge in [-0.3, -0.25) is 4.79 Å². The molecule has 8 heteroatoms. The van der Waals surface area contributed by atoms with Crippen LogP contribution >= 0.6 is 11.6 Å². The summed E-state index contributed by atoms with van der Waals surface area (Å²) in [6, 6.07) is 24.1. The van der Waals surface area contributed by atoms with Crippen LogP contribution in [0.2, 0.25) is 5.02 Å². The van der Waals surface area contributed by atoms with Crippen LogP contribution in [0.5, 0.6) is 0 Å². The van der Waals surface area contributed by atoms with Crippen molar-refractivity contribution in [3.63, 3.8) is 0 Å². The number of nitrogens with zero attached hydrogens (tertiary/aromatic N) is 3. The van der Waals surface area contributed by atoms with E-state index in [1.54, 1.807) is 28.9 Å². The number of benzene rings is 3. The summed E-state index contributed by atoms with van der Waals surface area (Å²) in [4.78, 5) is 27.5. The van der Waals surface area contributed by atoms with E-state index < -0.39 is 0 Å². The number of nitrogens with one attached hydrogen (secondary N) is 2. The molecule has 0 unspecified atom stereocenters. The van der Waals surface area contributed by atoms with Crippen molar-refractivity contribution >= 4 is 35.0 Å². The van der Waals surface area contributed by atoms with E-state index in [9.17, 15) is 9.59 Å². The summed E-state index contributed by atoms with van der Waals surface area (Å²) < 4.78 is 1.76. The van der Waals surface area contributed by atoms with E-state index in [4.69, 9.17) is 16.7 Å². The summed E-state index contributed by atoms with van der Waals surface area (Å²) in [5, 5.41) is 11.2. The third kappa shape index (κ3) is 5.58. The van der Waals surface area contributed by atoms with Gasteiger partial charge in [0.1, 0.15) is 12.4 Å². The molecule has 0 radical (unpaired) electrons. The SMILES string of the molecule is CCN(CC(=O)Nc1c(-c2ccccc2)c(C)nn1-c1ccccc1C)C(=O)Nc1ccc(Cl)cc1. The highest BCUT2D eigenvalue weighted by atomic mass is 35.5. The quantitative estimate of drug-likeness (QED) is 0.312. The Morgan fingerprint density at radius 1 is 0.917 bits per heavy atom. The molecule has 0 spiro atoms. The van der Waals surface area contributed by atoms with Gasteiger partial charge in [0.25, 0.3) is 0 Å². The molecule has 7 nitrogen and oxygen atoms in total. The fourth-order valence-electron chi connectivity index (χ4n) is 3.98. The number of carbonyl (C=O) groups is 2. The third-order valence-electron chi connectivity index (χ3n) is 5.82. The normalized spacial score (nSPS) is 10.7. The van der Waals surface area contributed by atoms with Crippen molar-refractivity contribution in [1.29, 1.82) is 0 Å². The maximum Gasteiger partial charge on any atom is 0.322 e. The molecule has 1 heterocycles. The fourth-order valence-corrected chi connectivity index (χ4v) is 4.10. The van der Waals surface area contributed by atoms with Crippen molar-refractivity contribution in [3.8, 4) is 16.8 Å². The summed E-state index contributed by atoms with van der Waals surface area (Å²) >= 11 is 5.93. The first kappa shape index (κ1) is 25.0. The van der Waals surface area contributed by atoms with Crippen molar-refractivity contribution in [2.75, 3.05) is 23.7 Å². The highest BCUT2D eigenvalue weighted by molar-refractivity contribution is 6.30. The van der Waals surface area contributed by atoms with Crippen LogP contribution < -0.4 is 10.6 Å². The number of carbonyl (C=O) groups excluding carboxylic acids is 2. The molecule has 0 atom stereocenters. The largest absolute Gasteiger partial charge is 0.322 e. The summed E-state index contributed by atoms with van der Waals surface area (Å²) in [6.07, 6.45) is 0. The maximum absolute atomic E-state index is 13.3. The Balaban J connectivity index is 1.62. The summed E-state index contributed by atoms with van der Waals surface area (Å²) in [7, 11) is 0. The molecular weight excluding hydrogens is 474 g/mol. The average molecular weight is 502 g/mol. The lowest BCUT2D eigenvalue weighted by Crippen LogP contribution is -2.40. The van der Waals surface area contributed by atoms with Gasteiger partial charge in [-0.15, -0.1) is 0 Å². The van der Waals surface area contributed by atoms with E-state index in [0.717, 1.165) is 28.1 Å². The Kier molecular flexibility index (Phi) is 7.71. The van der Waals surface area contributed by atoms with Gasteiger partial charge >= 0.3 is 6.03 Å². The Bertz CT molecular complexity index is 1370. The molecule has 3 aromatic carbocycles. The minimum absolute atomic E-state index is 0.123. The van der Waals surface area contributed by atoms with Crippen LogP contribution in [0.3, 0.4) is 0 Å². The van der Waals surface area contributed by atoms with E-state index >= 15 is 0 Å². The van der Waals surface area contributed by atoms with Crippen molar-refractivity contribution in [3.05, 3.63) is 95.1 Å². The molecule has 0 fully saturated rings. The first-order valence-electron chi connectivity index (χ1n) is 11.7. The monoisotopic (exact) mass is 501 g/mol. The van der Waals surface area contributed by atoms with E-state index in [0.29, 0.717) is 23.1 Å². The van der Waals surface area contributed by atoms with Crippen LogP contribution in [0.25, 0.3) is 16.8 Å². The van der Waals surface area contributed by atoms with Crippen LogP contribution in [0.4, 0.5) is 16.3 Å². The lowest BCUT2D eigenvalue weighted by atomic mass is 10.1. The molecule has 0 aliphatic carbocycles. The Morgan fingerprint density at radius 2 is 1.58 bits per heavy atom. The Hall–Kier alpha value is -4.10. The Morgan fingerprint density at radius 3 is 2.25 bits per heavy atom. The predicted octanol–water partition coefficient (Wildman–Crippen LogP) is 6.30. The van der Waals surface area contributed by atoms with Gasteiger partial charge < -0.3 is 15.5 Å². The smallest absolute Gasteiger partial charge is 0.315 e. The van der Waals surface area contributed by atoms with Gasteiger partial charge in [-0.25, -0.2) is 9.48 Å². The second kappa shape index (κ2) is 11.1. The van der Waals surface area contributed by atoms with Crippen LogP contribution in [0.1, 0.15) is 18.2 Å². The van der Waals surface area contributed by atoms with Gasteiger partial charge in [0.2, 0.25) is 5.91 Å². The standard InChI is InChI=1S/C28H28ClN5O2/c1-4-33(28(36)30-23-16-14-22(29)15-17-23)18-25(35)31-27-26(21-11-6-5-7-12-21)20(3)32-34(27)24-13-9-8-10-19(24)2/h5-17H,4,18H2,1-3H3,(H,30,36)(H,31,35). The fraction of sp³-hybridized carbons (Fsp3) is 0.179. The van der Waals surface area contributed by atoms with Crippen molar-refractivity contribution < 1.29 is 9.59 Å². The van der Waals surface area contributed by atoms with E-state index in [2.05, 4.69) is 10.6 Å². The number of aromatic nitrogens is 2. The van der Waals surface area contributed by atoms with Gasteiger partial charge in [0.15, 0.2) is 0 Å². The van der Waals surface area contributed by atoms with Gasteiger partial charge in [-0.1, -0.05) is 60.1 Å². The highest BCUT2D eigenvalue weighted by Gasteiger charge is 2.23. The van der Waals surface area contributed by atoms with E-state index in [-0.39, 0.29) is 18.5 Å². The zero-order valence-electron chi connectivity index (χ0n) is 20.5. The molecule has 0 aliphatic rings. The first-order valence-corrected chi connectivity index (χ1v) is 12.1. The molecule has 0 saturated heterocycles. The molecule has 3 amide bonds. The number of para-hydroxylation sites is 1. The molecule has 1 aromatic heterocycles. The zero-order chi connectivity index (χ0) is 25.7. The van der Waals surface area contributed by atoms with Crippen LogP contribution in [-0.2, 0) is 4.79 Å². The maximum atomic E-state index is 13.3. The predicted molar refractivity (Wildman–Crippen MR) is 145 cm³/mol. The van der Waals surface area contributed by atoms with Crippen molar-refractivity contribution in [1.82, 2.24) is 14.7 Å². The summed E-state index contributed by atoms with van der Waals surface area (Å²) in [5.41, 5.74) is 5.05. The number of halogens is 1. The minimum atomic E-state index is -0.373. The molecule has 4 aromatic rings. The topological polar surface area (TPSA) is 79.3 Å². The number of hydrogen-bond acceptors (Lipinski definition) is 3. The molecule has 36 heavy (non-hydrogen) atoms. The summed E-state index contributed by atoms with van der Waals surface area (Å²) in [6.45, 7) is 5.98. The summed E-state index contributed by atoms with van der Waals surface area (Å²) in [5.74, 6) is 0.238.